The molecule has 1 aromatic carbocycles. The predicted octanol–water partition coefficient (Wildman–Crippen LogP) is 2.24. The van der Waals surface area contributed by atoms with E-state index in [1.807, 2.05) is 35.2 Å². The Morgan fingerprint density at radius 1 is 1.30 bits per heavy atom. The Hall–Kier alpha value is -2.18. The third kappa shape index (κ3) is 2.70. The van der Waals surface area contributed by atoms with Crippen molar-refractivity contribution in [2.75, 3.05) is 19.7 Å². The van der Waals surface area contributed by atoms with Gasteiger partial charge in [-0.2, -0.15) is 5.10 Å². The number of aromatic amines is 1. The number of amides is 1. The molecule has 3 aliphatic rings. The first-order valence-electron chi connectivity index (χ1n) is 9.88. The second-order valence-corrected chi connectivity index (χ2v) is 8.09. The second-order valence-electron chi connectivity index (χ2n) is 8.09. The first-order valence-corrected chi connectivity index (χ1v) is 9.88. The molecule has 5 rings (SSSR count). The van der Waals surface area contributed by atoms with E-state index in [-0.39, 0.29) is 11.8 Å². The summed E-state index contributed by atoms with van der Waals surface area (Å²) in [5, 5.41) is 18.9. The first kappa shape index (κ1) is 17.0. The van der Waals surface area contributed by atoms with Crippen molar-refractivity contribution in [3.8, 4) is 0 Å². The van der Waals surface area contributed by atoms with Crippen LogP contribution in [0.5, 0.6) is 0 Å². The number of ether oxygens (including phenoxy) is 1. The molecule has 0 bridgehead atoms. The molecule has 142 valence electrons. The SMILES string of the molecule is O=C(c1n[nH]c2c1COCC2)N1C[C@H]2CCC[C@](O)(c3ccccc3)[C@H]2C1. The van der Waals surface area contributed by atoms with Gasteiger partial charge in [-0.25, -0.2) is 0 Å². The average molecular weight is 367 g/mol. The second kappa shape index (κ2) is 6.46. The standard InChI is InChI=1S/C21H25N3O3/c25-20(19-16-13-27-10-8-18(16)22-23-19)24-11-14-5-4-9-21(26,17(14)12-24)15-6-2-1-3-7-15/h1-3,6-7,14,17,26H,4-5,8-13H2,(H,22,23)/t14-,17+,21+/m1/s1. The number of hydrogen-bond acceptors (Lipinski definition) is 4. The summed E-state index contributed by atoms with van der Waals surface area (Å²) < 4.78 is 5.52. The minimum atomic E-state index is -0.854. The van der Waals surface area contributed by atoms with Crippen LogP contribution in [-0.2, 0) is 23.4 Å². The Morgan fingerprint density at radius 2 is 2.15 bits per heavy atom. The summed E-state index contributed by atoms with van der Waals surface area (Å²) in [6, 6.07) is 9.94. The molecule has 0 unspecified atom stereocenters. The zero-order valence-corrected chi connectivity index (χ0v) is 15.4. The van der Waals surface area contributed by atoms with Crippen molar-refractivity contribution in [1.82, 2.24) is 15.1 Å². The van der Waals surface area contributed by atoms with Crippen molar-refractivity contribution in [1.29, 1.82) is 0 Å². The van der Waals surface area contributed by atoms with Gasteiger partial charge < -0.3 is 14.7 Å². The van der Waals surface area contributed by atoms with E-state index < -0.39 is 5.60 Å². The van der Waals surface area contributed by atoms with Gasteiger partial charge in [-0.05, 0) is 30.7 Å². The number of benzene rings is 1. The van der Waals surface area contributed by atoms with Crippen LogP contribution in [0.15, 0.2) is 30.3 Å². The van der Waals surface area contributed by atoms with E-state index in [4.69, 9.17) is 4.74 Å². The van der Waals surface area contributed by atoms with Crippen LogP contribution >= 0.6 is 0 Å². The molecule has 1 saturated carbocycles. The molecule has 2 N–H and O–H groups in total. The molecule has 6 nitrogen and oxygen atoms in total. The first-order chi connectivity index (χ1) is 13.2. The third-order valence-electron chi connectivity index (χ3n) is 6.65. The van der Waals surface area contributed by atoms with Crippen LogP contribution in [0.25, 0.3) is 0 Å². The van der Waals surface area contributed by atoms with E-state index in [0.717, 1.165) is 42.5 Å². The summed E-state index contributed by atoms with van der Waals surface area (Å²) in [6.07, 6.45) is 3.58. The molecule has 6 heteroatoms. The number of nitrogens with one attached hydrogen (secondary N) is 1. The number of likely N-dealkylation sites (tertiary alicyclic amines) is 1. The molecule has 2 aromatic rings. The molecule has 1 aliphatic carbocycles. The fourth-order valence-corrected chi connectivity index (χ4v) is 5.21. The monoisotopic (exact) mass is 367 g/mol. The van der Waals surface area contributed by atoms with E-state index >= 15 is 0 Å². The normalized spacial score (nSPS) is 30.0. The number of aliphatic hydroxyl groups is 1. The predicted molar refractivity (Wildman–Crippen MR) is 99.0 cm³/mol. The molecule has 1 saturated heterocycles. The topological polar surface area (TPSA) is 78.5 Å². The van der Waals surface area contributed by atoms with E-state index in [0.29, 0.717) is 37.9 Å². The van der Waals surface area contributed by atoms with Gasteiger partial charge >= 0.3 is 0 Å². The number of hydrogen-bond donors (Lipinski definition) is 2. The number of nitrogens with zero attached hydrogens (tertiary/aromatic N) is 2. The van der Waals surface area contributed by atoms with Crippen molar-refractivity contribution in [3.05, 3.63) is 52.8 Å². The van der Waals surface area contributed by atoms with Crippen molar-refractivity contribution in [2.24, 2.45) is 11.8 Å². The summed E-state index contributed by atoms with van der Waals surface area (Å²) in [4.78, 5) is 15.1. The lowest BCUT2D eigenvalue weighted by atomic mass is 9.67. The average Bonchev–Trinajstić information content (AvgIpc) is 3.33. The molecule has 3 atom stereocenters. The van der Waals surface area contributed by atoms with Crippen LogP contribution < -0.4 is 0 Å². The Kier molecular flexibility index (Phi) is 4.06. The van der Waals surface area contributed by atoms with Gasteiger partial charge in [-0.15, -0.1) is 0 Å². The van der Waals surface area contributed by atoms with Crippen LogP contribution in [-0.4, -0.2) is 45.8 Å². The highest BCUT2D eigenvalue weighted by Gasteiger charge is 2.51. The maximum absolute atomic E-state index is 13.2. The molecule has 0 spiro atoms. The fourth-order valence-electron chi connectivity index (χ4n) is 5.21. The van der Waals surface area contributed by atoms with Crippen LogP contribution in [0, 0.1) is 11.8 Å². The summed E-state index contributed by atoms with van der Waals surface area (Å²) >= 11 is 0. The van der Waals surface area contributed by atoms with E-state index in [9.17, 15) is 9.90 Å². The van der Waals surface area contributed by atoms with Crippen LogP contribution in [0.1, 0.15) is 46.6 Å². The molecule has 1 aromatic heterocycles. The van der Waals surface area contributed by atoms with Gasteiger partial charge in [0.25, 0.3) is 5.91 Å². The van der Waals surface area contributed by atoms with Crippen molar-refractivity contribution in [3.63, 3.8) is 0 Å². The van der Waals surface area contributed by atoms with Crippen molar-refractivity contribution < 1.29 is 14.6 Å². The van der Waals surface area contributed by atoms with E-state index in [1.165, 1.54) is 0 Å². The van der Waals surface area contributed by atoms with Crippen molar-refractivity contribution >= 4 is 5.91 Å². The van der Waals surface area contributed by atoms with Crippen LogP contribution in [0.4, 0.5) is 0 Å². The Morgan fingerprint density at radius 3 is 3.00 bits per heavy atom. The lowest BCUT2D eigenvalue weighted by molar-refractivity contribution is -0.0644. The van der Waals surface area contributed by atoms with Gasteiger partial charge in [0.15, 0.2) is 5.69 Å². The third-order valence-corrected chi connectivity index (χ3v) is 6.65. The van der Waals surface area contributed by atoms with Gasteiger partial charge in [0.2, 0.25) is 0 Å². The Labute approximate surface area is 158 Å². The lowest BCUT2D eigenvalue weighted by Crippen LogP contribution is -2.43. The maximum Gasteiger partial charge on any atom is 0.274 e. The zero-order valence-electron chi connectivity index (χ0n) is 15.4. The van der Waals surface area contributed by atoms with Gasteiger partial charge in [0.05, 0.1) is 18.8 Å². The Balaban J connectivity index is 1.41. The van der Waals surface area contributed by atoms with E-state index in [2.05, 4.69) is 10.2 Å². The number of aromatic nitrogens is 2. The zero-order chi connectivity index (χ0) is 18.4. The minimum Gasteiger partial charge on any atom is -0.385 e. The number of fused-ring (bicyclic) bond motifs is 2. The lowest BCUT2D eigenvalue weighted by Gasteiger charge is -2.41. The maximum atomic E-state index is 13.2. The molecule has 1 amide bonds. The number of carbonyl (C=O) groups is 1. The summed E-state index contributed by atoms with van der Waals surface area (Å²) in [5.41, 5.74) is 2.53. The summed E-state index contributed by atoms with van der Waals surface area (Å²) in [6.45, 7) is 2.39. The van der Waals surface area contributed by atoms with Gasteiger partial charge in [-0.3, -0.25) is 9.89 Å². The molecule has 0 radical (unpaired) electrons. The highest BCUT2D eigenvalue weighted by atomic mass is 16.5. The Bertz CT molecular complexity index is 850. The molecular weight excluding hydrogens is 342 g/mol. The largest absolute Gasteiger partial charge is 0.385 e. The van der Waals surface area contributed by atoms with Gasteiger partial charge in [-0.1, -0.05) is 30.3 Å². The summed E-state index contributed by atoms with van der Waals surface area (Å²) in [5.74, 6) is 0.366. The summed E-state index contributed by atoms with van der Waals surface area (Å²) in [7, 11) is 0. The molecular formula is C21H25N3O3. The van der Waals surface area contributed by atoms with Crippen molar-refractivity contribution in [2.45, 2.75) is 37.9 Å². The molecule has 2 aliphatic heterocycles. The van der Waals surface area contributed by atoms with Gasteiger partial charge in [0, 0.05) is 36.7 Å². The van der Waals surface area contributed by atoms with Gasteiger partial charge in [0.1, 0.15) is 0 Å². The molecule has 2 fully saturated rings. The van der Waals surface area contributed by atoms with E-state index in [1.54, 1.807) is 0 Å². The quantitative estimate of drug-likeness (QED) is 0.853. The van der Waals surface area contributed by atoms with Crippen LogP contribution in [0.2, 0.25) is 0 Å². The molecule has 27 heavy (non-hydrogen) atoms. The van der Waals surface area contributed by atoms with Crippen LogP contribution in [0.3, 0.4) is 0 Å². The molecule has 3 heterocycles. The number of H-pyrrole nitrogens is 1. The minimum absolute atomic E-state index is 0.0391. The number of rotatable bonds is 2. The number of carbonyl (C=O) groups excluding carboxylic acids is 1. The fraction of sp³-hybridized carbons (Fsp3) is 0.524. The highest BCUT2D eigenvalue weighted by Crippen LogP contribution is 2.48. The smallest absolute Gasteiger partial charge is 0.274 e. The highest BCUT2D eigenvalue weighted by molar-refractivity contribution is 5.94.